The minimum absolute atomic E-state index is 0.324. The molecule has 0 saturated carbocycles. The van der Waals surface area contributed by atoms with Gasteiger partial charge in [0.25, 0.3) is 0 Å². The number of hydrogen-bond donors (Lipinski definition) is 0. The van der Waals surface area contributed by atoms with E-state index in [-0.39, 0.29) is 5.97 Å². The summed E-state index contributed by atoms with van der Waals surface area (Å²) in [4.78, 5) is 14.5. The number of esters is 1. The lowest BCUT2D eigenvalue weighted by Crippen LogP contribution is -2.38. The number of hydrogen-bond acceptors (Lipinski definition) is 6. The van der Waals surface area contributed by atoms with Gasteiger partial charge in [0.05, 0.1) is 26.4 Å². The van der Waals surface area contributed by atoms with Crippen molar-refractivity contribution in [2.45, 2.75) is 376 Å². The summed E-state index contributed by atoms with van der Waals surface area (Å²) >= 11 is 0. The van der Waals surface area contributed by atoms with Gasteiger partial charge in [-0.2, -0.15) is 0 Å². The number of ether oxygens (including phenoxy) is 5. The van der Waals surface area contributed by atoms with Crippen molar-refractivity contribution in [3.63, 3.8) is 0 Å². The van der Waals surface area contributed by atoms with Gasteiger partial charge in [0.2, 0.25) is 5.76 Å². The first kappa shape index (κ1) is 72.7. The fraction of sp³-hybridized carbons (Fsp3) is 0.957. The van der Waals surface area contributed by atoms with Crippen molar-refractivity contribution in [2.75, 3.05) is 33.0 Å². The highest BCUT2D eigenvalue weighted by Gasteiger charge is 2.44. The topological polar surface area (TPSA) is 63.2 Å². The average Bonchev–Trinajstić information content (AvgIpc) is 3.74. The molecule has 0 N–H and O–H groups in total. The normalized spacial score (nSPS) is 15.8. The van der Waals surface area contributed by atoms with Crippen LogP contribution in [-0.2, 0) is 28.5 Å². The van der Waals surface area contributed by atoms with Crippen molar-refractivity contribution in [3.05, 3.63) is 11.5 Å². The minimum atomic E-state index is -0.671. The second kappa shape index (κ2) is 55.6. The molecule has 452 valence electrons. The van der Waals surface area contributed by atoms with Crippen molar-refractivity contribution in [3.8, 4) is 0 Å². The first-order valence-electron chi connectivity index (χ1n) is 34.8. The highest BCUT2D eigenvalue weighted by Crippen LogP contribution is 2.33. The SMILES string of the molecule is CCCCCCCCC(CCCCCC)COC[C@H](OCC(CCCCCC)CCCCCCCC)[C@H]1OC(=O)C(OCC(CCCCCC)CCCCCCCC)=C1OCC(CCCCCC)CCCCCCCC. The van der Waals surface area contributed by atoms with E-state index in [0.717, 1.165) is 25.9 Å². The second-order valence-electron chi connectivity index (χ2n) is 24.6. The van der Waals surface area contributed by atoms with Crippen LogP contribution in [0.4, 0.5) is 0 Å². The first-order chi connectivity index (χ1) is 37.4. The smallest absolute Gasteiger partial charge is 0.378 e. The molecule has 1 rings (SSSR count). The first-order valence-corrected chi connectivity index (χ1v) is 34.8. The Kier molecular flexibility index (Phi) is 53.2. The molecule has 0 amide bonds. The lowest BCUT2D eigenvalue weighted by Gasteiger charge is -2.29. The molecule has 1 aliphatic heterocycles. The molecule has 1 heterocycles. The van der Waals surface area contributed by atoms with E-state index in [9.17, 15) is 4.79 Å². The number of unbranched alkanes of at least 4 members (excludes halogenated alkanes) is 32. The molecule has 0 bridgehead atoms. The van der Waals surface area contributed by atoms with Gasteiger partial charge in [0, 0.05) is 6.61 Å². The standard InChI is InChI=1S/C70H136O6/c1-9-17-25-33-37-45-50-62(49-41-29-21-13-5)57-72-61-66(73-58-63(51-42-30-22-14-6)54-46-38-34-26-18-10-2)67-68(74-59-64(52-43-31-23-15-7)55-47-39-35-27-19-11-3)69(70(71)76-67)75-60-65(53-44-32-24-16-8)56-48-40-36-28-20-12-4/h62-67H,9-61H2,1-8H3/t62?,63?,64?,65?,66-,67+/m0/s1. The molecule has 1 aliphatic rings. The van der Waals surface area contributed by atoms with Gasteiger partial charge in [-0.25, -0.2) is 4.79 Å². The molecule has 0 saturated heterocycles. The van der Waals surface area contributed by atoms with Gasteiger partial charge in [-0.3, -0.25) is 0 Å². The van der Waals surface area contributed by atoms with Crippen molar-refractivity contribution in [1.82, 2.24) is 0 Å². The molecule has 6 heteroatoms. The minimum Gasteiger partial charge on any atom is -0.490 e. The lowest BCUT2D eigenvalue weighted by atomic mass is 9.94. The van der Waals surface area contributed by atoms with Crippen LogP contribution in [0.3, 0.4) is 0 Å². The fourth-order valence-electron chi connectivity index (χ4n) is 11.8. The summed E-state index contributed by atoms with van der Waals surface area (Å²) in [7, 11) is 0. The summed E-state index contributed by atoms with van der Waals surface area (Å²) in [5.74, 6) is 2.42. The molecule has 0 radical (unpaired) electrons. The molecule has 4 unspecified atom stereocenters. The highest BCUT2D eigenvalue weighted by molar-refractivity contribution is 5.89. The van der Waals surface area contributed by atoms with Gasteiger partial charge >= 0.3 is 5.97 Å². The Balaban J connectivity index is 3.71. The predicted molar refractivity (Wildman–Crippen MR) is 330 cm³/mol. The van der Waals surface area contributed by atoms with E-state index in [1.165, 1.54) is 289 Å². The second-order valence-corrected chi connectivity index (χ2v) is 24.6. The molecule has 76 heavy (non-hydrogen) atoms. The van der Waals surface area contributed by atoms with Crippen LogP contribution >= 0.6 is 0 Å². The maximum atomic E-state index is 14.5. The van der Waals surface area contributed by atoms with E-state index in [0.29, 0.717) is 61.6 Å². The molecule has 6 atom stereocenters. The molecule has 0 aromatic heterocycles. The average molecular weight is 1070 g/mol. The third kappa shape index (κ3) is 40.8. The molecule has 0 aliphatic carbocycles. The highest BCUT2D eigenvalue weighted by atomic mass is 16.6. The zero-order chi connectivity index (χ0) is 55.2. The lowest BCUT2D eigenvalue weighted by molar-refractivity contribution is -0.154. The van der Waals surface area contributed by atoms with Gasteiger partial charge in [-0.15, -0.1) is 0 Å². The van der Waals surface area contributed by atoms with Gasteiger partial charge in [-0.1, -0.05) is 312 Å². The Morgan fingerprint density at radius 1 is 0.316 bits per heavy atom. The Hall–Kier alpha value is -1.27. The molecule has 0 fully saturated rings. The third-order valence-corrected chi connectivity index (χ3v) is 17.1. The van der Waals surface area contributed by atoms with Gasteiger partial charge in [0.15, 0.2) is 11.9 Å². The van der Waals surface area contributed by atoms with Crippen LogP contribution in [0.5, 0.6) is 0 Å². The molecule has 0 aromatic carbocycles. The maximum Gasteiger partial charge on any atom is 0.378 e. The number of carbonyl (C=O) groups is 1. The molecule has 0 aromatic rings. The van der Waals surface area contributed by atoms with Crippen LogP contribution in [0.15, 0.2) is 11.5 Å². The summed E-state index contributed by atoms with van der Waals surface area (Å²) < 4.78 is 34.8. The summed E-state index contributed by atoms with van der Waals surface area (Å²) in [5.41, 5.74) is 0. The largest absolute Gasteiger partial charge is 0.490 e. The fourth-order valence-corrected chi connectivity index (χ4v) is 11.8. The Morgan fingerprint density at radius 3 is 0.908 bits per heavy atom. The summed E-state index contributed by atoms with van der Waals surface area (Å²) in [6, 6.07) is 0. The zero-order valence-electron chi connectivity index (χ0n) is 52.9. The van der Waals surface area contributed by atoms with E-state index >= 15 is 0 Å². The Morgan fingerprint density at radius 2 is 0.579 bits per heavy atom. The van der Waals surface area contributed by atoms with Gasteiger partial charge in [0.1, 0.15) is 6.10 Å². The third-order valence-electron chi connectivity index (χ3n) is 17.1. The predicted octanol–water partition coefficient (Wildman–Crippen LogP) is 22.9. The van der Waals surface area contributed by atoms with Crippen LogP contribution < -0.4 is 0 Å². The van der Waals surface area contributed by atoms with Crippen LogP contribution in [0, 0.1) is 23.7 Å². The van der Waals surface area contributed by atoms with E-state index in [1.54, 1.807) is 0 Å². The Bertz CT molecular complexity index is 1230. The van der Waals surface area contributed by atoms with Crippen molar-refractivity contribution >= 4 is 5.97 Å². The summed E-state index contributed by atoms with van der Waals surface area (Å²) in [6.07, 6.45) is 59.9. The molecule has 0 spiro atoms. The van der Waals surface area contributed by atoms with E-state index in [2.05, 4.69) is 55.4 Å². The molecular weight excluding hydrogens is 937 g/mol. The van der Waals surface area contributed by atoms with Crippen LogP contribution in [0.2, 0.25) is 0 Å². The molecular formula is C70H136O6. The van der Waals surface area contributed by atoms with Crippen molar-refractivity contribution in [1.29, 1.82) is 0 Å². The maximum absolute atomic E-state index is 14.5. The summed E-state index contributed by atoms with van der Waals surface area (Å²) in [6.45, 7) is 21.4. The van der Waals surface area contributed by atoms with Gasteiger partial charge < -0.3 is 23.7 Å². The van der Waals surface area contributed by atoms with E-state index < -0.39 is 12.2 Å². The number of rotatable bonds is 62. The monoisotopic (exact) mass is 1070 g/mol. The van der Waals surface area contributed by atoms with Crippen molar-refractivity contribution in [2.24, 2.45) is 23.7 Å². The van der Waals surface area contributed by atoms with Crippen LogP contribution in [0.1, 0.15) is 364 Å². The Labute approximate surface area is 476 Å². The van der Waals surface area contributed by atoms with Gasteiger partial charge in [-0.05, 0) is 75.0 Å². The van der Waals surface area contributed by atoms with Crippen molar-refractivity contribution < 1.29 is 28.5 Å². The van der Waals surface area contributed by atoms with Crippen LogP contribution in [0.25, 0.3) is 0 Å². The zero-order valence-corrected chi connectivity index (χ0v) is 52.9. The van der Waals surface area contributed by atoms with E-state index in [4.69, 9.17) is 23.7 Å². The van der Waals surface area contributed by atoms with Crippen LogP contribution in [-0.4, -0.2) is 51.2 Å². The quantitative estimate of drug-likeness (QED) is 0.0447. The van der Waals surface area contributed by atoms with E-state index in [1.807, 2.05) is 0 Å². The number of cyclic esters (lactones) is 1. The summed E-state index contributed by atoms with van der Waals surface area (Å²) in [5, 5.41) is 0. The number of carbonyl (C=O) groups excluding carboxylic acids is 1. The molecule has 6 nitrogen and oxygen atoms in total.